The Hall–Kier alpha value is -2.57. The van der Waals surface area contributed by atoms with Gasteiger partial charge in [0.15, 0.2) is 5.69 Å². The Labute approximate surface area is 117 Å². The van der Waals surface area contributed by atoms with Crippen LogP contribution in [0.1, 0.15) is 5.69 Å². The third-order valence-corrected chi connectivity index (χ3v) is 3.11. The average molecular weight is 293 g/mol. The van der Waals surface area contributed by atoms with Crippen molar-refractivity contribution in [2.45, 2.75) is 6.18 Å². The molecule has 21 heavy (non-hydrogen) atoms. The van der Waals surface area contributed by atoms with Crippen molar-refractivity contribution in [3.63, 3.8) is 0 Å². The van der Waals surface area contributed by atoms with Gasteiger partial charge in [-0.05, 0) is 29.8 Å². The summed E-state index contributed by atoms with van der Waals surface area (Å²) in [5, 5.41) is 13.9. The van der Waals surface area contributed by atoms with E-state index in [9.17, 15) is 18.3 Å². The number of aryl methyl sites for hydroxylation is 1. The van der Waals surface area contributed by atoms with Crippen LogP contribution < -0.4 is 0 Å². The molecular formula is C14H10F3N3O. The Morgan fingerprint density at radius 3 is 2.71 bits per heavy atom. The van der Waals surface area contributed by atoms with Gasteiger partial charge in [-0.15, -0.1) is 0 Å². The van der Waals surface area contributed by atoms with Crippen molar-refractivity contribution >= 4 is 10.9 Å². The molecule has 3 rings (SSSR count). The van der Waals surface area contributed by atoms with E-state index in [-0.39, 0.29) is 16.9 Å². The van der Waals surface area contributed by atoms with E-state index in [0.29, 0.717) is 10.9 Å². The minimum atomic E-state index is -4.56. The van der Waals surface area contributed by atoms with Crippen LogP contribution in [0.4, 0.5) is 13.2 Å². The van der Waals surface area contributed by atoms with Crippen LogP contribution in [0.25, 0.3) is 22.0 Å². The summed E-state index contributed by atoms with van der Waals surface area (Å²) in [6.07, 6.45) is -1.78. The minimum absolute atomic E-state index is 0.0900. The lowest BCUT2D eigenvalue weighted by Gasteiger charge is -2.08. The van der Waals surface area contributed by atoms with Crippen molar-refractivity contribution in [3.8, 4) is 16.9 Å². The predicted octanol–water partition coefficient (Wildman–Crippen LogP) is 3.36. The first kappa shape index (κ1) is 13.4. The normalized spacial score (nSPS) is 12.0. The van der Waals surface area contributed by atoms with E-state index in [4.69, 9.17) is 0 Å². The summed E-state index contributed by atoms with van der Waals surface area (Å²) in [5.41, 5.74) is -0.434. The highest BCUT2D eigenvalue weighted by molar-refractivity contribution is 5.89. The third-order valence-electron chi connectivity index (χ3n) is 3.11. The van der Waals surface area contributed by atoms with Crippen molar-refractivity contribution in [3.05, 3.63) is 42.4 Å². The summed E-state index contributed by atoms with van der Waals surface area (Å²) in [7, 11) is 1.41. The molecule has 1 N–H and O–H groups in total. The third kappa shape index (κ3) is 2.31. The fourth-order valence-corrected chi connectivity index (χ4v) is 2.23. The Morgan fingerprint density at radius 2 is 2.00 bits per heavy atom. The summed E-state index contributed by atoms with van der Waals surface area (Å²) < 4.78 is 40.1. The van der Waals surface area contributed by atoms with E-state index < -0.39 is 11.9 Å². The first-order valence-corrected chi connectivity index (χ1v) is 6.05. The van der Waals surface area contributed by atoms with E-state index in [0.717, 1.165) is 4.68 Å². The van der Waals surface area contributed by atoms with Gasteiger partial charge in [-0.1, -0.05) is 0 Å². The monoisotopic (exact) mass is 293 g/mol. The molecule has 0 fully saturated rings. The summed E-state index contributed by atoms with van der Waals surface area (Å²) in [6.45, 7) is 0. The molecule has 7 heteroatoms. The molecule has 0 saturated heterocycles. The zero-order valence-corrected chi connectivity index (χ0v) is 10.9. The Kier molecular flexibility index (Phi) is 2.86. The lowest BCUT2D eigenvalue weighted by atomic mass is 10.0. The lowest BCUT2D eigenvalue weighted by molar-refractivity contribution is -0.140. The second-order valence-electron chi connectivity index (χ2n) is 4.63. The number of rotatable bonds is 1. The summed E-state index contributed by atoms with van der Waals surface area (Å²) in [5.74, 6) is -0.118. The standard InChI is InChI=1S/C14H10F3N3O/c1-20-7-10(13(19-20)14(15,16)17)8-5-11-9(12(21)6-8)3-2-4-18-11/h2-7,21H,1H3. The van der Waals surface area contributed by atoms with Crippen LogP contribution in [0.5, 0.6) is 5.75 Å². The average Bonchev–Trinajstić information content (AvgIpc) is 2.81. The maximum absolute atomic E-state index is 13.0. The maximum Gasteiger partial charge on any atom is 0.435 e. The number of phenols is 1. The van der Waals surface area contributed by atoms with Crippen molar-refractivity contribution in [1.82, 2.24) is 14.8 Å². The van der Waals surface area contributed by atoms with Crippen LogP contribution in [-0.2, 0) is 13.2 Å². The second-order valence-corrected chi connectivity index (χ2v) is 4.63. The molecule has 0 radical (unpaired) electrons. The molecule has 0 aliphatic rings. The van der Waals surface area contributed by atoms with Gasteiger partial charge in [0.25, 0.3) is 0 Å². The summed E-state index contributed by atoms with van der Waals surface area (Å²) >= 11 is 0. The lowest BCUT2D eigenvalue weighted by Crippen LogP contribution is -2.08. The molecule has 0 aliphatic heterocycles. The summed E-state index contributed by atoms with van der Waals surface area (Å²) in [6, 6.07) is 6.08. The van der Waals surface area contributed by atoms with Crippen molar-refractivity contribution in [2.24, 2.45) is 7.05 Å². The van der Waals surface area contributed by atoms with E-state index in [2.05, 4.69) is 10.1 Å². The topological polar surface area (TPSA) is 50.9 Å². The van der Waals surface area contributed by atoms with Crippen molar-refractivity contribution in [2.75, 3.05) is 0 Å². The van der Waals surface area contributed by atoms with Crippen LogP contribution in [0.2, 0.25) is 0 Å². The van der Waals surface area contributed by atoms with Gasteiger partial charge in [-0.3, -0.25) is 9.67 Å². The Morgan fingerprint density at radius 1 is 1.24 bits per heavy atom. The molecule has 0 spiro atoms. The molecule has 2 aromatic heterocycles. The number of halogens is 3. The minimum Gasteiger partial charge on any atom is -0.507 e. The first-order valence-electron chi connectivity index (χ1n) is 6.05. The largest absolute Gasteiger partial charge is 0.507 e. The van der Waals surface area contributed by atoms with Crippen LogP contribution in [-0.4, -0.2) is 19.9 Å². The van der Waals surface area contributed by atoms with Gasteiger partial charge < -0.3 is 5.11 Å². The van der Waals surface area contributed by atoms with E-state index in [1.165, 1.54) is 31.6 Å². The van der Waals surface area contributed by atoms with Gasteiger partial charge in [0, 0.05) is 30.4 Å². The molecule has 0 bridgehead atoms. The van der Waals surface area contributed by atoms with Gasteiger partial charge in [0.1, 0.15) is 5.75 Å². The molecule has 108 valence electrons. The number of pyridine rings is 1. The molecular weight excluding hydrogens is 283 g/mol. The van der Waals surface area contributed by atoms with Gasteiger partial charge in [0.2, 0.25) is 0 Å². The van der Waals surface area contributed by atoms with Crippen LogP contribution in [0, 0.1) is 0 Å². The molecule has 2 heterocycles. The van der Waals surface area contributed by atoms with Gasteiger partial charge >= 0.3 is 6.18 Å². The molecule has 0 unspecified atom stereocenters. The highest BCUT2D eigenvalue weighted by Crippen LogP contribution is 2.38. The number of hydrogen-bond donors (Lipinski definition) is 1. The SMILES string of the molecule is Cn1cc(-c2cc(O)c3cccnc3c2)c(C(F)(F)F)n1. The first-order chi connectivity index (χ1) is 9.86. The number of hydrogen-bond acceptors (Lipinski definition) is 3. The zero-order chi connectivity index (χ0) is 15.2. The van der Waals surface area contributed by atoms with E-state index in [1.807, 2.05) is 0 Å². The highest BCUT2D eigenvalue weighted by Gasteiger charge is 2.37. The van der Waals surface area contributed by atoms with Crippen LogP contribution >= 0.6 is 0 Å². The molecule has 3 aromatic rings. The number of benzene rings is 1. The fourth-order valence-electron chi connectivity index (χ4n) is 2.23. The molecule has 0 atom stereocenters. The highest BCUT2D eigenvalue weighted by atomic mass is 19.4. The van der Waals surface area contributed by atoms with Crippen molar-refractivity contribution < 1.29 is 18.3 Å². The number of alkyl halides is 3. The summed E-state index contributed by atoms with van der Waals surface area (Å²) in [4.78, 5) is 4.06. The number of fused-ring (bicyclic) bond motifs is 1. The predicted molar refractivity (Wildman–Crippen MR) is 70.6 cm³/mol. The van der Waals surface area contributed by atoms with Crippen molar-refractivity contribution in [1.29, 1.82) is 0 Å². The molecule has 1 aromatic carbocycles. The maximum atomic E-state index is 13.0. The Bertz CT molecular complexity index is 824. The van der Waals surface area contributed by atoms with Gasteiger partial charge in [0.05, 0.1) is 5.52 Å². The smallest absolute Gasteiger partial charge is 0.435 e. The van der Waals surface area contributed by atoms with Crippen LogP contribution in [0.15, 0.2) is 36.7 Å². The Balaban J connectivity index is 2.26. The molecule has 0 aliphatic carbocycles. The number of aromatic nitrogens is 3. The molecule has 0 amide bonds. The number of nitrogens with zero attached hydrogens (tertiary/aromatic N) is 3. The number of aromatic hydroxyl groups is 1. The van der Waals surface area contributed by atoms with Crippen LogP contribution in [0.3, 0.4) is 0 Å². The number of phenolic OH excluding ortho intramolecular Hbond substituents is 1. The fraction of sp³-hybridized carbons (Fsp3) is 0.143. The molecule has 0 saturated carbocycles. The van der Waals surface area contributed by atoms with Gasteiger partial charge in [-0.2, -0.15) is 18.3 Å². The second kappa shape index (κ2) is 4.47. The quantitative estimate of drug-likeness (QED) is 0.748. The van der Waals surface area contributed by atoms with E-state index >= 15 is 0 Å². The molecule has 4 nitrogen and oxygen atoms in total. The van der Waals surface area contributed by atoms with Gasteiger partial charge in [-0.25, -0.2) is 0 Å². The van der Waals surface area contributed by atoms with E-state index in [1.54, 1.807) is 12.1 Å². The zero-order valence-electron chi connectivity index (χ0n) is 10.9.